The van der Waals surface area contributed by atoms with Crippen LogP contribution in [0, 0.1) is 21.6 Å². The summed E-state index contributed by atoms with van der Waals surface area (Å²) in [5, 5.41) is 21.6. The van der Waals surface area contributed by atoms with Gasteiger partial charge in [-0.05, 0) is 22.3 Å². The minimum absolute atomic E-state index is 0.0858. The molecule has 0 heterocycles. The minimum Gasteiger partial charge on any atom is -0.222 e. The summed E-state index contributed by atoms with van der Waals surface area (Å²) in [4.78, 5) is 33.4. The Bertz CT molecular complexity index is 1180. The summed E-state index contributed by atoms with van der Waals surface area (Å²) in [5.74, 6) is 0. The summed E-state index contributed by atoms with van der Waals surface area (Å²) in [6, 6.07) is 40.6. The van der Waals surface area contributed by atoms with Crippen LogP contribution in [0.4, 0.5) is 0 Å². The van der Waals surface area contributed by atoms with Gasteiger partial charge in [-0.2, -0.15) is 0 Å². The molecule has 0 aliphatic heterocycles. The van der Waals surface area contributed by atoms with Gasteiger partial charge in [-0.15, -0.1) is 0 Å². The lowest BCUT2D eigenvalue weighted by atomic mass is 9.78. The molecule has 0 aromatic heterocycles. The number of hydrogen-bond donors (Lipinski definition) is 4. The second kappa shape index (κ2) is 23.8. The Morgan fingerprint density at radius 1 is 0.429 bits per heavy atom. The average molecular weight is 606 g/mol. The summed E-state index contributed by atoms with van der Waals surface area (Å²) in [5.41, 5.74) is 4.58. The third kappa shape index (κ3) is 15.5. The van der Waals surface area contributed by atoms with Crippen molar-refractivity contribution in [3.8, 4) is 0 Å². The molecule has 216 valence electrons. The molecule has 4 N–H and O–H groups in total. The zero-order valence-electron chi connectivity index (χ0n) is 22.9. The van der Waals surface area contributed by atoms with Gasteiger partial charge in [0.15, 0.2) is 4.33 Å². The standard InChI is InChI=1S/C15H16.C13H10Cl2.4CHNO/c1-15(2,13-9-5-3-6-10-13)14-11-7-4-8-12-14;14-13(15,11-7-3-1-4-8-11)12-9-5-2-6-10-12;4*2-1-3/h3-12H,1-2H3;1-10H;4*2H. The highest BCUT2D eigenvalue weighted by Gasteiger charge is 2.28. The van der Waals surface area contributed by atoms with E-state index < -0.39 is 4.33 Å². The monoisotopic (exact) mass is 604 g/mol. The van der Waals surface area contributed by atoms with Crippen LogP contribution in [0.2, 0.25) is 0 Å². The van der Waals surface area contributed by atoms with Gasteiger partial charge in [-0.3, -0.25) is 0 Å². The van der Waals surface area contributed by atoms with Crippen molar-refractivity contribution < 1.29 is 19.2 Å². The summed E-state index contributed by atoms with van der Waals surface area (Å²) in [6.07, 6.45) is 3.00. The van der Waals surface area contributed by atoms with Crippen LogP contribution in [0.1, 0.15) is 36.1 Å². The Morgan fingerprint density at radius 2 is 0.595 bits per heavy atom. The number of alkyl halides is 2. The fourth-order valence-electron chi connectivity index (χ4n) is 3.34. The number of isocyanates is 4. The fourth-order valence-corrected chi connectivity index (χ4v) is 3.84. The quantitative estimate of drug-likeness (QED) is 0.105. The first-order valence-electron chi connectivity index (χ1n) is 11.8. The molecule has 0 atom stereocenters. The van der Waals surface area contributed by atoms with Gasteiger partial charge in [0.25, 0.3) is 0 Å². The van der Waals surface area contributed by atoms with Crippen molar-refractivity contribution in [3.63, 3.8) is 0 Å². The predicted molar refractivity (Wildman–Crippen MR) is 164 cm³/mol. The first kappa shape index (κ1) is 39.1. The molecular weight excluding hydrogens is 575 g/mol. The van der Waals surface area contributed by atoms with Gasteiger partial charge in [0.1, 0.15) is 0 Å². The maximum atomic E-state index is 8.35. The van der Waals surface area contributed by atoms with Gasteiger partial charge < -0.3 is 0 Å². The van der Waals surface area contributed by atoms with Crippen LogP contribution in [0.5, 0.6) is 0 Å². The van der Waals surface area contributed by atoms with E-state index in [0.717, 1.165) is 35.4 Å². The van der Waals surface area contributed by atoms with E-state index in [1.54, 1.807) is 0 Å². The van der Waals surface area contributed by atoms with Gasteiger partial charge in [0.2, 0.25) is 24.3 Å². The van der Waals surface area contributed by atoms with Crippen molar-refractivity contribution in [2.75, 3.05) is 0 Å². The Morgan fingerprint density at radius 3 is 0.786 bits per heavy atom. The second-order valence-electron chi connectivity index (χ2n) is 8.07. The maximum Gasteiger partial charge on any atom is 0.231 e. The summed E-state index contributed by atoms with van der Waals surface area (Å²) in [7, 11) is 0. The molecule has 4 aromatic rings. The van der Waals surface area contributed by atoms with Gasteiger partial charge in [-0.1, -0.05) is 158 Å². The third-order valence-electron chi connectivity index (χ3n) is 5.26. The van der Waals surface area contributed by atoms with E-state index in [1.165, 1.54) is 11.1 Å². The Hall–Kier alpha value is -5.02. The zero-order valence-corrected chi connectivity index (χ0v) is 24.4. The maximum absolute atomic E-state index is 8.35. The summed E-state index contributed by atoms with van der Waals surface area (Å²) >= 11 is 12.7. The van der Waals surface area contributed by atoms with Gasteiger partial charge in [0.05, 0.1) is 0 Å². The third-order valence-corrected chi connectivity index (χ3v) is 6.14. The Labute approximate surface area is 255 Å². The van der Waals surface area contributed by atoms with E-state index in [2.05, 4.69) is 74.5 Å². The number of halogens is 2. The summed E-state index contributed by atoms with van der Waals surface area (Å²) in [6.45, 7) is 4.52. The van der Waals surface area contributed by atoms with E-state index in [4.69, 9.17) is 64.0 Å². The number of rotatable bonds is 4. The van der Waals surface area contributed by atoms with Crippen LogP contribution in [-0.4, -0.2) is 24.3 Å². The second-order valence-corrected chi connectivity index (χ2v) is 9.40. The van der Waals surface area contributed by atoms with E-state index in [-0.39, 0.29) is 5.41 Å². The Kier molecular flexibility index (Phi) is 22.2. The van der Waals surface area contributed by atoms with Crippen molar-refractivity contribution in [1.82, 2.24) is 0 Å². The van der Waals surface area contributed by atoms with Crippen LogP contribution < -0.4 is 0 Å². The number of benzene rings is 4. The zero-order chi connectivity index (χ0) is 32.3. The molecule has 0 spiro atoms. The van der Waals surface area contributed by atoms with Gasteiger partial charge in [-0.25, -0.2) is 40.8 Å². The topological polar surface area (TPSA) is 164 Å². The molecule has 42 heavy (non-hydrogen) atoms. The minimum atomic E-state index is -0.970. The Balaban J connectivity index is 0. The predicted octanol–water partition coefficient (Wildman–Crippen LogP) is 7.98. The van der Waals surface area contributed by atoms with Gasteiger partial charge in [0, 0.05) is 5.41 Å². The molecule has 0 fully saturated rings. The van der Waals surface area contributed by atoms with E-state index in [9.17, 15) is 0 Å². The van der Waals surface area contributed by atoms with Crippen LogP contribution in [0.3, 0.4) is 0 Å². The lowest BCUT2D eigenvalue weighted by molar-refractivity contribution is 0.562. The summed E-state index contributed by atoms with van der Waals surface area (Å²) < 4.78 is -0.970. The van der Waals surface area contributed by atoms with Crippen molar-refractivity contribution in [3.05, 3.63) is 144 Å². The smallest absolute Gasteiger partial charge is 0.222 e. The molecule has 0 unspecified atom stereocenters. The first-order valence-corrected chi connectivity index (χ1v) is 12.6. The molecule has 4 rings (SSSR count). The lowest BCUT2D eigenvalue weighted by Gasteiger charge is -2.25. The highest BCUT2D eigenvalue weighted by Crippen LogP contribution is 2.40. The fraction of sp³-hybridized carbons (Fsp3) is 0.125. The molecule has 0 saturated carbocycles. The highest BCUT2D eigenvalue weighted by atomic mass is 35.5. The molecule has 0 aliphatic carbocycles. The molecule has 10 heteroatoms. The number of nitrogens with one attached hydrogen (secondary N) is 4. The molecule has 0 aliphatic rings. The number of hydrogen-bond acceptors (Lipinski definition) is 8. The normalized spacial score (nSPS) is 8.86. The lowest BCUT2D eigenvalue weighted by Crippen LogP contribution is -2.18. The van der Waals surface area contributed by atoms with Crippen molar-refractivity contribution in [2.24, 2.45) is 0 Å². The van der Waals surface area contributed by atoms with Crippen LogP contribution >= 0.6 is 23.2 Å². The molecular formula is C32H30Cl2N4O4. The van der Waals surface area contributed by atoms with Crippen molar-refractivity contribution in [1.29, 1.82) is 21.6 Å². The molecule has 4 aromatic carbocycles. The SMILES string of the molecule is CC(C)(c1ccccc1)c1ccccc1.ClC(Cl)(c1ccccc1)c1ccccc1.N=C=O.N=C=O.N=C=O.N=C=O. The molecule has 8 nitrogen and oxygen atoms in total. The van der Waals surface area contributed by atoms with Crippen LogP contribution in [0.15, 0.2) is 121 Å². The largest absolute Gasteiger partial charge is 0.231 e. The van der Waals surface area contributed by atoms with Crippen molar-refractivity contribution >= 4 is 47.5 Å². The van der Waals surface area contributed by atoms with E-state index in [0.29, 0.717) is 0 Å². The van der Waals surface area contributed by atoms with Gasteiger partial charge >= 0.3 is 0 Å². The molecule has 0 saturated heterocycles. The number of carbonyl (C=O) groups excluding carboxylic acids is 4. The van der Waals surface area contributed by atoms with Crippen LogP contribution in [-0.2, 0) is 28.9 Å². The molecule has 0 bridgehead atoms. The van der Waals surface area contributed by atoms with E-state index >= 15 is 0 Å². The van der Waals surface area contributed by atoms with E-state index in [1.807, 2.05) is 60.7 Å². The highest BCUT2D eigenvalue weighted by molar-refractivity contribution is 6.50. The average Bonchev–Trinajstić information content (AvgIpc) is 3.01. The molecule has 0 radical (unpaired) electrons. The first-order chi connectivity index (χ1) is 20.1. The van der Waals surface area contributed by atoms with Crippen LogP contribution in [0.25, 0.3) is 0 Å². The van der Waals surface area contributed by atoms with Crippen molar-refractivity contribution in [2.45, 2.75) is 23.6 Å². The molecule has 0 amide bonds.